The molecule has 0 radical (unpaired) electrons. The molecule has 2 N–H and O–H groups in total. The predicted molar refractivity (Wildman–Crippen MR) is 53.7 cm³/mol. The van der Waals surface area contributed by atoms with Gasteiger partial charge in [0.2, 0.25) is 5.13 Å². The van der Waals surface area contributed by atoms with Crippen molar-refractivity contribution >= 4 is 11.3 Å². The fourth-order valence-corrected chi connectivity index (χ4v) is 1.74. The summed E-state index contributed by atoms with van der Waals surface area (Å²) < 4.78 is 6.69. The summed E-state index contributed by atoms with van der Waals surface area (Å²) in [6.45, 7) is 0.510. The molecule has 0 bridgehead atoms. The van der Waals surface area contributed by atoms with E-state index in [4.69, 9.17) is 10.5 Å². The molecular formula is C8H10N4OS. The molecule has 0 aliphatic rings. The van der Waals surface area contributed by atoms with Gasteiger partial charge in [-0.25, -0.2) is 9.67 Å². The molecule has 2 heterocycles. The van der Waals surface area contributed by atoms with E-state index in [9.17, 15) is 0 Å². The zero-order valence-corrected chi connectivity index (χ0v) is 8.49. The van der Waals surface area contributed by atoms with Gasteiger partial charge in [0.15, 0.2) is 5.75 Å². The highest BCUT2D eigenvalue weighted by Crippen LogP contribution is 2.18. The Morgan fingerprint density at radius 1 is 1.57 bits per heavy atom. The highest BCUT2D eigenvalue weighted by molar-refractivity contribution is 7.14. The molecule has 2 aromatic heterocycles. The van der Waals surface area contributed by atoms with Gasteiger partial charge >= 0.3 is 0 Å². The van der Waals surface area contributed by atoms with Crippen molar-refractivity contribution in [3.05, 3.63) is 23.5 Å². The van der Waals surface area contributed by atoms with Crippen molar-refractivity contribution in [2.75, 3.05) is 7.11 Å². The van der Waals surface area contributed by atoms with Crippen molar-refractivity contribution in [2.24, 2.45) is 5.73 Å². The van der Waals surface area contributed by atoms with Crippen molar-refractivity contribution in [1.29, 1.82) is 0 Å². The average molecular weight is 210 g/mol. The van der Waals surface area contributed by atoms with Crippen LogP contribution in [0.25, 0.3) is 5.13 Å². The van der Waals surface area contributed by atoms with Crippen LogP contribution in [0.4, 0.5) is 0 Å². The lowest BCUT2D eigenvalue weighted by atomic mass is 10.6. The number of hydrogen-bond acceptors (Lipinski definition) is 5. The molecule has 0 atom stereocenters. The highest BCUT2D eigenvalue weighted by Gasteiger charge is 2.04. The zero-order chi connectivity index (χ0) is 9.97. The number of nitrogens with zero attached hydrogens (tertiary/aromatic N) is 3. The van der Waals surface area contributed by atoms with Crippen LogP contribution in [0.15, 0.2) is 18.6 Å². The summed E-state index contributed by atoms with van der Waals surface area (Å²) in [6.07, 6.45) is 5.18. The van der Waals surface area contributed by atoms with Crippen LogP contribution in [-0.4, -0.2) is 21.9 Å². The zero-order valence-electron chi connectivity index (χ0n) is 7.67. The molecule has 0 spiro atoms. The van der Waals surface area contributed by atoms with Crippen LogP contribution in [0, 0.1) is 0 Å². The van der Waals surface area contributed by atoms with E-state index >= 15 is 0 Å². The lowest BCUT2D eigenvalue weighted by Crippen LogP contribution is -1.92. The standard InChI is InChI=1S/C8H10N4OS/c1-13-6-3-11-12(5-6)8-10-4-7(2-9)14-8/h3-5H,2,9H2,1H3. The molecule has 74 valence electrons. The van der Waals surface area contributed by atoms with Crippen molar-refractivity contribution in [3.8, 4) is 10.9 Å². The highest BCUT2D eigenvalue weighted by atomic mass is 32.1. The summed E-state index contributed by atoms with van der Waals surface area (Å²) in [4.78, 5) is 5.22. The average Bonchev–Trinajstić information content (AvgIpc) is 2.86. The third kappa shape index (κ3) is 1.61. The molecule has 0 fully saturated rings. The number of nitrogens with two attached hydrogens (primary N) is 1. The maximum atomic E-state index is 5.49. The molecule has 0 amide bonds. The summed E-state index contributed by atoms with van der Waals surface area (Å²) in [5.74, 6) is 0.717. The van der Waals surface area contributed by atoms with Gasteiger partial charge in [0.25, 0.3) is 0 Å². The second kappa shape index (κ2) is 3.77. The third-order valence-corrected chi connectivity index (χ3v) is 2.74. The van der Waals surface area contributed by atoms with Crippen LogP contribution >= 0.6 is 11.3 Å². The van der Waals surface area contributed by atoms with Crippen LogP contribution in [0.3, 0.4) is 0 Å². The van der Waals surface area contributed by atoms with E-state index in [1.165, 1.54) is 11.3 Å². The molecule has 0 saturated heterocycles. The van der Waals surface area contributed by atoms with Crippen LogP contribution in [0.1, 0.15) is 4.88 Å². The van der Waals surface area contributed by atoms with Gasteiger partial charge in [0.05, 0.1) is 19.5 Å². The maximum absolute atomic E-state index is 5.49. The van der Waals surface area contributed by atoms with Crippen LogP contribution in [0.2, 0.25) is 0 Å². The van der Waals surface area contributed by atoms with Gasteiger partial charge in [-0.1, -0.05) is 11.3 Å². The fourth-order valence-electron chi connectivity index (χ4n) is 1.01. The van der Waals surface area contributed by atoms with E-state index in [1.54, 1.807) is 30.4 Å². The number of ether oxygens (including phenoxy) is 1. The van der Waals surface area contributed by atoms with Crippen molar-refractivity contribution in [2.45, 2.75) is 6.54 Å². The molecule has 6 heteroatoms. The predicted octanol–water partition coefficient (Wildman–Crippen LogP) is 0.796. The van der Waals surface area contributed by atoms with E-state index in [0.29, 0.717) is 6.54 Å². The van der Waals surface area contributed by atoms with E-state index in [2.05, 4.69) is 10.1 Å². The van der Waals surface area contributed by atoms with Gasteiger partial charge in [0, 0.05) is 17.6 Å². The summed E-state index contributed by atoms with van der Waals surface area (Å²) in [5.41, 5.74) is 5.49. The molecule has 0 unspecified atom stereocenters. The number of aromatic nitrogens is 3. The SMILES string of the molecule is COc1cnn(-c2ncc(CN)s2)c1. The Balaban J connectivity index is 2.29. The monoisotopic (exact) mass is 210 g/mol. The minimum absolute atomic E-state index is 0.510. The van der Waals surface area contributed by atoms with Gasteiger partial charge < -0.3 is 10.5 Å². The van der Waals surface area contributed by atoms with Gasteiger partial charge in [-0.05, 0) is 0 Å². The molecule has 0 saturated carbocycles. The summed E-state index contributed by atoms with van der Waals surface area (Å²) >= 11 is 1.52. The van der Waals surface area contributed by atoms with E-state index in [1.807, 2.05) is 0 Å². The maximum Gasteiger partial charge on any atom is 0.210 e. The number of methoxy groups -OCH3 is 1. The first-order valence-corrected chi connectivity index (χ1v) is 4.89. The van der Waals surface area contributed by atoms with E-state index in [-0.39, 0.29) is 0 Å². The molecule has 2 aromatic rings. The fraction of sp³-hybridized carbons (Fsp3) is 0.250. The Kier molecular flexibility index (Phi) is 2.47. The van der Waals surface area contributed by atoms with E-state index in [0.717, 1.165) is 15.8 Å². The van der Waals surface area contributed by atoms with Gasteiger partial charge in [0.1, 0.15) is 0 Å². The molecule has 0 aliphatic carbocycles. The third-order valence-electron chi connectivity index (χ3n) is 1.73. The number of rotatable bonds is 3. The Bertz CT molecular complexity index is 382. The normalized spacial score (nSPS) is 10.4. The molecule has 0 aromatic carbocycles. The lowest BCUT2D eigenvalue weighted by Gasteiger charge is -1.92. The second-order valence-corrected chi connectivity index (χ2v) is 3.73. The molecule has 0 aliphatic heterocycles. The molecule has 2 rings (SSSR count). The first-order chi connectivity index (χ1) is 6.83. The minimum Gasteiger partial charge on any atom is -0.493 e. The van der Waals surface area contributed by atoms with Gasteiger partial charge in [-0.2, -0.15) is 5.10 Å². The van der Waals surface area contributed by atoms with Crippen LogP contribution in [0.5, 0.6) is 5.75 Å². The first kappa shape index (κ1) is 9.17. The summed E-state index contributed by atoms with van der Waals surface area (Å²) in [5, 5.41) is 4.90. The summed E-state index contributed by atoms with van der Waals surface area (Å²) in [6, 6.07) is 0. The molecule has 14 heavy (non-hydrogen) atoms. The smallest absolute Gasteiger partial charge is 0.210 e. The summed E-state index contributed by atoms with van der Waals surface area (Å²) in [7, 11) is 1.61. The van der Waals surface area contributed by atoms with E-state index < -0.39 is 0 Å². The van der Waals surface area contributed by atoms with Crippen LogP contribution < -0.4 is 10.5 Å². The molecule has 5 nitrogen and oxygen atoms in total. The van der Waals surface area contributed by atoms with Crippen molar-refractivity contribution in [1.82, 2.24) is 14.8 Å². The quantitative estimate of drug-likeness (QED) is 0.813. The Morgan fingerprint density at radius 2 is 2.43 bits per heavy atom. The van der Waals surface area contributed by atoms with Crippen molar-refractivity contribution < 1.29 is 4.74 Å². The van der Waals surface area contributed by atoms with Gasteiger partial charge in [-0.15, -0.1) is 0 Å². The minimum atomic E-state index is 0.510. The van der Waals surface area contributed by atoms with Gasteiger partial charge in [-0.3, -0.25) is 0 Å². The largest absolute Gasteiger partial charge is 0.493 e. The first-order valence-electron chi connectivity index (χ1n) is 4.07. The second-order valence-electron chi connectivity index (χ2n) is 2.64. The number of hydrogen-bond donors (Lipinski definition) is 1. The Hall–Kier alpha value is -1.40. The Morgan fingerprint density at radius 3 is 3.00 bits per heavy atom. The lowest BCUT2D eigenvalue weighted by molar-refractivity contribution is 0.414. The van der Waals surface area contributed by atoms with Crippen molar-refractivity contribution in [3.63, 3.8) is 0 Å². The molecular weight excluding hydrogens is 200 g/mol. The van der Waals surface area contributed by atoms with Crippen LogP contribution in [-0.2, 0) is 6.54 Å². The number of thiazole rings is 1. The topological polar surface area (TPSA) is 66.0 Å². The Labute approximate surface area is 85.1 Å².